The molecule has 0 aliphatic rings. The molecule has 5 nitrogen and oxygen atoms in total. The highest BCUT2D eigenvalue weighted by atomic mass is 127. The predicted octanol–water partition coefficient (Wildman–Crippen LogP) is 3.48. The summed E-state index contributed by atoms with van der Waals surface area (Å²) in [6.07, 6.45) is -3.13. The van der Waals surface area contributed by atoms with E-state index in [-0.39, 0.29) is 42.1 Å². The van der Waals surface area contributed by atoms with Gasteiger partial charge in [-0.2, -0.15) is 18.3 Å². The van der Waals surface area contributed by atoms with Crippen LogP contribution in [0.4, 0.5) is 13.2 Å². The number of aryl methyl sites for hydroxylation is 1. The molecule has 0 aliphatic heterocycles. The van der Waals surface area contributed by atoms with Gasteiger partial charge in [0.05, 0.1) is 6.04 Å². The summed E-state index contributed by atoms with van der Waals surface area (Å²) in [5.74, 6) is 0.420. The number of nitrogens with one attached hydrogen (secondary N) is 2. The molecule has 0 saturated carbocycles. The number of guanidine groups is 1. The van der Waals surface area contributed by atoms with E-state index in [1.165, 1.54) is 13.2 Å². The van der Waals surface area contributed by atoms with Crippen molar-refractivity contribution in [3.8, 4) is 0 Å². The molecule has 0 radical (unpaired) electrons. The summed E-state index contributed by atoms with van der Waals surface area (Å²) < 4.78 is 40.0. The van der Waals surface area contributed by atoms with E-state index in [0.29, 0.717) is 5.96 Å². The topological polar surface area (TPSA) is 54.2 Å². The lowest BCUT2D eigenvalue weighted by Gasteiger charge is -2.18. The average molecular weight is 467 g/mol. The van der Waals surface area contributed by atoms with Gasteiger partial charge in [-0.25, -0.2) is 0 Å². The average Bonchev–Trinajstić information content (AvgIpc) is 2.93. The van der Waals surface area contributed by atoms with Crippen molar-refractivity contribution >= 4 is 29.9 Å². The van der Waals surface area contributed by atoms with E-state index in [1.807, 2.05) is 37.3 Å². The molecule has 1 unspecified atom stereocenters. The Hall–Kier alpha value is -1.78. The molecule has 2 N–H and O–H groups in total. The van der Waals surface area contributed by atoms with E-state index in [1.54, 1.807) is 7.05 Å². The number of halogens is 4. The minimum atomic E-state index is -4.48. The maximum Gasteiger partial charge on any atom is 0.435 e. The quantitative estimate of drug-likeness (QED) is 0.412. The Morgan fingerprint density at radius 3 is 2.48 bits per heavy atom. The standard InChI is InChI=1S/C16H20F3N5.HI/c1-11(12-7-5-4-6-8-12)22-15(20-2)21-9-13-10-24(3)23-14(13)16(17,18)19;/h4-8,10-11H,9H2,1-3H3,(H2,20,21,22);1H. The number of nitrogens with zero attached hydrogens (tertiary/aromatic N) is 3. The second kappa shape index (κ2) is 9.07. The van der Waals surface area contributed by atoms with Gasteiger partial charge in [0.15, 0.2) is 11.7 Å². The number of hydrogen-bond donors (Lipinski definition) is 2. The Bertz CT molecular complexity index is 698. The first-order valence-corrected chi connectivity index (χ1v) is 7.43. The molecule has 1 aromatic heterocycles. The van der Waals surface area contributed by atoms with Crippen LogP contribution in [0, 0.1) is 0 Å². The van der Waals surface area contributed by atoms with Gasteiger partial charge in [0, 0.05) is 32.4 Å². The third kappa shape index (κ3) is 5.91. The first-order valence-electron chi connectivity index (χ1n) is 7.43. The molecule has 0 spiro atoms. The maximum atomic E-state index is 13.0. The molecule has 0 fully saturated rings. The van der Waals surface area contributed by atoms with Crippen LogP contribution >= 0.6 is 24.0 Å². The summed E-state index contributed by atoms with van der Waals surface area (Å²) in [5.41, 5.74) is 0.238. The van der Waals surface area contributed by atoms with Gasteiger partial charge < -0.3 is 10.6 Å². The molecule has 0 saturated heterocycles. The minimum absolute atomic E-state index is 0. The first-order chi connectivity index (χ1) is 11.3. The maximum absolute atomic E-state index is 13.0. The highest BCUT2D eigenvalue weighted by Crippen LogP contribution is 2.30. The molecule has 0 bridgehead atoms. The van der Waals surface area contributed by atoms with Crippen LogP contribution in [-0.4, -0.2) is 22.8 Å². The van der Waals surface area contributed by atoms with Gasteiger partial charge in [-0.15, -0.1) is 24.0 Å². The molecular formula is C16H21F3IN5. The fourth-order valence-corrected chi connectivity index (χ4v) is 2.31. The SMILES string of the molecule is CN=C(NCc1cn(C)nc1C(F)(F)F)NC(C)c1ccccc1.I. The van der Waals surface area contributed by atoms with Crippen molar-refractivity contribution in [1.82, 2.24) is 20.4 Å². The van der Waals surface area contributed by atoms with Gasteiger partial charge in [0.1, 0.15) is 0 Å². The fraction of sp³-hybridized carbons (Fsp3) is 0.375. The van der Waals surface area contributed by atoms with Gasteiger partial charge in [0.2, 0.25) is 0 Å². The van der Waals surface area contributed by atoms with Crippen LogP contribution in [0.15, 0.2) is 41.5 Å². The van der Waals surface area contributed by atoms with Crippen molar-refractivity contribution < 1.29 is 13.2 Å². The van der Waals surface area contributed by atoms with Gasteiger partial charge in [-0.3, -0.25) is 9.67 Å². The predicted molar refractivity (Wildman–Crippen MR) is 102 cm³/mol. The highest BCUT2D eigenvalue weighted by molar-refractivity contribution is 14.0. The first kappa shape index (κ1) is 21.3. The third-order valence-corrected chi connectivity index (χ3v) is 3.50. The Kier molecular flexibility index (Phi) is 7.71. The van der Waals surface area contributed by atoms with Crippen molar-refractivity contribution in [2.24, 2.45) is 12.0 Å². The molecule has 9 heteroatoms. The molecular weight excluding hydrogens is 446 g/mol. The molecule has 138 valence electrons. The Labute approximate surface area is 161 Å². The number of benzene rings is 1. The van der Waals surface area contributed by atoms with Crippen molar-refractivity contribution in [2.45, 2.75) is 25.7 Å². The normalized spacial score (nSPS) is 13.1. The molecule has 1 heterocycles. The molecule has 2 rings (SSSR count). The van der Waals surface area contributed by atoms with Crippen LogP contribution in [0.3, 0.4) is 0 Å². The zero-order valence-electron chi connectivity index (χ0n) is 14.1. The molecule has 1 aromatic carbocycles. The van der Waals surface area contributed by atoms with Crippen LogP contribution in [-0.2, 0) is 19.8 Å². The Balaban J connectivity index is 0.00000312. The second-order valence-corrected chi connectivity index (χ2v) is 5.38. The van der Waals surface area contributed by atoms with Crippen LogP contribution in [0.2, 0.25) is 0 Å². The van der Waals surface area contributed by atoms with Crippen molar-refractivity contribution in [2.75, 3.05) is 7.05 Å². The van der Waals surface area contributed by atoms with E-state index in [4.69, 9.17) is 0 Å². The summed E-state index contributed by atoms with van der Waals surface area (Å²) in [4.78, 5) is 4.05. The molecule has 0 aliphatic carbocycles. The summed E-state index contributed by atoms with van der Waals surface area (Å²) in [6, 6.07) is 9.67. The lowest BCUT2D eigenvalue weighted by molar-refractivity contribution is -0.142. The Morgan fingerprint density at radius 2 is 1.92 bits per heavy atom. The lowest BCUT2D eigenvalue weighted by Crippen LogP contribution is -2.38. The van der Waals surface area contributed by atoms with Gasteiger partial charge in [-0.05, 0) is 12.5 Å². The summed E-state index contributed by atoms with van der Waals surface area (Å²) in [7, 11) is 3.03. The number of aromatic nitrogens is 2. The number of alkyl halides is 3. The molecule has 0 amide bonds. The zero-order valence-corrected chi connectivity index (χ0v) is 16.5. The van der Waals surface area contributed by atoms with Crippen LogP contribution in [0.1, 0.15) is 29.8 Å². The minimum Gasteiger partial charge on any atom is -0.352 e. The van der Waals surface area contributed by atoms with Crippen molar-refractivity contribution in [3.63, 3.8) is 0 Å². The summed E-state index contributed by atoms with van der Waals surface area (Å²) in [6.45, 7) is 1.93. The van der Waals surface area contributed by atoms with E-state index in [2.05, 4.69) is 20.7 Å². The van der Waals surface area contributed by atoms with Gasteiger partial charge in [0.25, 0.3) is 0 Å². The fourth-order valence-electron chi connectivity index (χ4n) is 2.31. The smallest absolute Gasteiger partial charge is 0.352 e. The second-order valence-electron chi connectivity index (χ2n) is 5.38. The Morgan fingerprint density at radius 1 is 1.28 bits per heavy atom. The lowest BCUT2D eigenvalue weighted by atomic mass is 10.1. The van der Waals surface area contributed by atoms with Gasteiger partial charge in [-0.1, -0.05) is 30.3 Å². The number of hydrogen-bond acceptors (Lipinski definition) is 2. The van der Waals surface area contributed by atoms with E-state index in [0.717, 1.165) is 10.2 Å². The highest BCUT2D eigenvalue weighted by Gasteiger charge is 2.36. The largest absolute Gasteiger partial charge is 0.435 e. The van der Waals surface area contributed by atoms with Crippen molar-refractivity contribution in [1.29, 1.82) is 0 Å². The molecule has 2 aromatic rings. The van der Waals surface area contributed by atoms with E-state index >= 15 is 0 Å². The van der Waals surface area contributed by atoms with Crippen LogP contribution in [0.25, 0.3) is 0 Å². The van der Waals surface area contributed by atoms with E-state index in [9.17, 15) is 13.2 Å². The third-order valence-electron chi connectivity index (χ3n) is 3.50. The van der Waals surface area contributed by atoms with Gasteiger partial charge >= 0.3 is 6.18 Å². The zero-order chi connectivity index (χ0) is 17.7. The van der Waals surface area contributed by atoms with Crippen molar-refractivity contribution in [3.05, 3.63) is 53.3 Å². The summed E-state index contributed by atoms with van der Waals surface area (Å²) >= 11 is 0. The summed E-state index contributed by atoms with van der Waals surface area (Å²) in [5, 5.41) is 9.53. The molecule has 1 atom stereocenters. The number of rotatable bonds is 4. The van der Waals surface area contributed by atoms with Crippen LogP contribution in [0.5, 0.6) is 0 Å². The monoisotopic (exact) mass is 467 g/mol. The molecule has 25 heavy (non-hydrogen) atoms. The number of aliphatic imine (C=N–C) groups is 1. The van der Waals surface area contributed by atoms with Crippen LogP contribution < -0.4 is 10.6 Å². The van der Waals surface area contributed by atoms with E-state index < -0.39 is 11.9 Å².